The Kier molecular flexibility index (Phi) is 3.10. The number of nitrogens with two attached hydrogens (primary N) is 1. The predicted octanol–water partition coefficient (Wildman–Crippen LogP) is 1.87. The van der Waals surface area contributed by atoms with E-state index in [1.807, 2.05) is 12.1 Å². The van der Waals surface area contributed by atoms with Gasteiger partial charge in [-0.15, -0.1) is 11.3 Å². The molecule has 1 aliphatic rings. The molecule has 1 atom stereocenters. The van der Waals surface area contributed by atoms with Gasteiger partial charge < -0.3 is 15.4 Å². The largest absolute Gasteiger partial charge is 0.448 e. The Bertz CT molecular complexity index is 695. The van der Waals surface area contributed by atoms with Crippen LogP contribution in [0.2, 0.25) is 0 Å². The number of nitrogen functional groups attached to an aromatic ring is 1. The normalized spacial score (nSPS) is 18.8. The van der Waals surface area contributed by atoms with Crippen molar-refractivity contribution in [3.63, 3.8) is 0 Å². The SMILES string of the molecule is CN1CCC(OC(=O)c2cc3cc(N)ccc3s2)C1=O. The Hall–Kier alpha value is -2.08. The third-order valence-corrected chi connectivity index (χ3v) is 4.47. The fourth-order valence-electron chi connectivity index (χ4n) is 2.25. The Morgan fingerprint density at radius 1 is 1.45 bits per heavy atom. The van der Waals surface area contributed by atoms with Crippen LogP contribution in [0, 0.1) is 0 Å². The van der Waals surface area contributed by atoms with Gasteiger partial charge in [-0.25, -0.2) is 4.79 Å². The summed E-state index contributed by atoms with van der Waals surface area (Å²) < 4.78 is 6.26. The van der Waals surface area contributed by atoms with E-state index in [4.69, 9.17) is 10.5 Å². The number of benzene rings is 1. The van der Waals surface area contributed by atoms with Crippen LogP contribution in [0.3, 0.4) is 0 Å². The van der Waals surface area contributed by atoms with Crippen LogP contribution in [0.5, 0.6) is 0 Å². The Balaban J connectivity index is 1.80. The van der Waals surface area contributed by atoms with Crippen LogP contribution in [0.1, 0.15) is 16.1 Å². The van der Waals surface area contributed by atoms with E-state index in [9.17, 15) is 9.59 Å². The van der Waals surface area contributed by atoms with E-state index in [2.05, 4.69) is 0 Å². The van der Waals surface area contributed by atoms with Crippen LogP contribution in [-0.4, -0.2) is 36.5 Å². The van der Waals surface area contributed by atoms with Gasteiger partial charge in [-0.1, -0.05) is 0 Å². The smallest absolute Gasteiger partial charge is 0.349 e. The molecule has 0 bridgehead atoms. The predicted molar refractivity (Wildman–Crippen MR) is 77.7 cm³/mol. The molecule has 2 aromatic rings. The fraction of sp³-hybridized carbons (Fsp3) is 0.286. The third kappa shape index (κ3) is 2.22. The molecule has 0 saturated carbocycles. The van der Waals surface area contributed by atoms with Gasteiger partial charge in [0.25, 0.3) is 5.91 Å². The molecular formula is C14H14N2O3S. The van der Waals surface area contributed by atoms with Gasteiger partial charge in [0.05, 0.1) is 0 Å². The van der Waals surface area contributed by atoms with Crippen LogP contribution < -0.4 is 5.73 Å². The van der Waals surface area contributed by atoms with Crippen LogP contribution in [0.25, 0.3) is 10.1 Å². The van der Waals surface area contributed by atoms with E-state index < -0.39 is 12.1 Å². The van der Waals surface area contributed by atoms with Gasteiger partial charge in [-0.3, -0.25) is 4.79 Å². The zero-order valence-corrected chi connectivity index (χ0v) is 11.8. The highest BCUT2D eigenvalue weighted by molar-refractivity contribution is 7.20. The van der Waals surface area contributed by atoms with Crippen LogP contribution >= 0.6 is 11.3 Å². The average Bonchev–Trinajstić information content (AvgIpc) is 2.96. The quantitative estimate of drug-likeness (QED) is 0.677. The second kappa shape index (κ2) is 4.79. The van der Waals surface area contributed by atoms with Crippen molar-refractivity contribution in [3.8, 4) is 0 Å². The molecule has 1 amide bonds. The molecule has 2 heterocycles. The molecule has 1 aromatic heterocycles. The van der Waals surface area contributed by atoms with Crippen molar-refractivity contribution in [3.05, 3.63) is 29.1 Å². The van der Waals surface area contributed by atoms with E-state index in [-0.39, 0.29) is 5.91 Å². The number of fused-ring (bicyclic) bond motifs is 1. The van der Waals surface area contributed by atoms with Gasteiger partial charge >= 0.3 is 5.97 Å². The summed E-state index contributed by atoms with van der Waals surface area (Å²) in [5.41, 5.74) is 6.37. The number of anilines is 1. The molecule has 1 aliphatic heterocycles. The number of likely N-dealkylation sites (tertiary alicyclic amines) is 1. The zero-order valence-electron chi connectivity index (χ0n) is 11.0. The van der Waals surface area contributed by atoms with Gasteiger partial charge in [-0.05, 0) is 29.7 Å². The van der Waals surface area contributed by atoms with Gasteiger partial charge in [0.2, 0.25) is 0 Å². The first-order valence-electron chi connectivity index (χ1n) is 6.29. The summed E-state index contributed by atoms with van der Waals surface area (Å²) >= 11 is 1.34. The van der Waals surface area contributed by atoms with E-state index in [0.717, 1.165) is 10.1 Å². The lowest BCUT2D eigenvalue weighted by molar-refractivity contribution is -0.133. The summed E-state index contributed by atoms with van der Waals surface area (Å²) in [6.45, 7) is 0.625. The number of rotatable bonds is 2. The standard InChI is InChI=1S/C14H14N2O3S/c1-16-5-4-10(13(16)17)19-14(18)12-7-8-6-9(15)2-3-11(8)20-12/h2-3,6-7,10H,4-5,15H2,1H3. The lowest BCUT2D eigenvalue weighted by Crippen LogP contribution is -2.29. The average molecular weight is 290 g/mol. The van der Waals surface area contributed by atoms with Gasteiger partial charge in [0.15, 0.2) is 6.10 Å². The monoisotopic (exact) mass is 290 g/mol. The first-order chi connectivity index (χ1) is 9.54. The maximum atomic E-state index is 12.1. The molecule has 1 unspecified atom stereocenters. The number of nitrogens with zero attached hydrogens (tertiary/aromatic N) is 1. The van der Waals surface area contributed by atoms with E-state index >= 15 is 0 Å². The van der Waals surface area contributed by atoms with Crippen molar-refractivity contribution >= 4 is 39.0 Å². The molecule has 1 fully saturated rings. The fourth-order valence-corrected chi connectivity index (χ4v) is 3.18. The minimum absolute atomic E-state index is 0.135. The maximum absolute atomic E-state index is 12.1. The Morgan fingerprint density at radius 2 is 2.25 bits per heavy atom. The molecule has 0 radical (unpaired) electrons. The lowest BCUT2D eigenvalue weighted by atomic mass is 10.2. The highest BCUT2D eigenvalue weighted by Gasteiger charge is 2.32. The molecule has 6 heteroatoms. The molecule has 0 spiro atoms. The third-order valence-electron chi connectivity index (χ3n) is 3.37. The zero-order chi connectivity index (χ0) is 14.3. The van der Waals surface area contributed by atoms with Crippen molar-refractivity contribution in [2.24, 2.45) is 0 Å². The minimum atomic E-state index is -0.650. The Labute approximate surface area is 119 Å². The molecule has 2 N–H and O–H groups in total. The van der Waals surface area contributed by atoms with Crippen molar-refractivity contribution in [1.29, 1.82) is 0 Å². The molecule has 104 valence electrons. The van der Waals surface area contributed by atoms with E-state index in [1.165, 1.54) is 11.3 Å². The second-order valence-corrected chi connectivity index (χ2v) is 5.93. The number of carbonyl (C=O) groups is 2. The lowest BCUT2D eigenvalue weighted by Gasteiger charge is -2.10. The molecule has 1 saturated heterocycles. The van der Waals surface area contributed by atoms with Crippen molar-refractivity contribution in [2.75, 3.05) is 19.3 Å². The number of hydrogen-bond acceptors (Lipinski definition) is 5. The number of esters is 1. The van der Waals surface area contributed by atoms with Crippen LogP contribution in [0.4, 0.5) is 5.69 Å². The first kappa shape index (κ1) is 12.9. The number of likely N-dealkylation sites (N-methyl/N-ethyl adjacent to an activating group) is 1. The van der Waals surface area contributed by atoms with Gasteiger partial charge in [0, 0.05) is 30.4 Å². The summed E-state index contributed by atoms with van der Waals surface area (Å²) in [5, 5.41) is 0.914. The minimum Gasteiger partial charge on any atom is -0.448 e. The molecule has 3 rings (SSSR count). The summed E-state index contributed by atoms with van der Waals surface area (Å²) in [4.78, 5) is 25.9. The summed E-state index contributed by atoms with van der Waals surface area (Å²) in [6.07, 6.45) is -0.0957. The number of hydrogen-bond donors (Lipinski definition) is 1. The number of ether oxygens (including phenoxy) is 1. The topological polar surface area (TPSA) is 72.6 Å². The van der Waals surface area contributed by atoms with E-state index in [0.29, 0.717) is 23.5 Å². The van der Waals surface area contributed by atoms with E-state index in [1.54, 1.807) is 24.1 Å². The Morgan fingerprint density at radius 3 is 2.95 bits per heavy atom. The molecular weight excluding hydrogens is 276 g/mol. The number of thiophene rings is 1. The summed E-state index contributed by atoms with van der Waals surface area (Å²) in [5.74, 6) is -0.581. The summed E-state index contributed by atoms with van der Waals surface area (Å²) in [6, 6.07) is 7.24. The summed E-state index contributed by atoms with van der Waals surface area (Å²) in [7, 11) is 1.71. The first-order valence-corrected chi connectivity index (χ1v) is 7.11. The van der Waals surface area contributed by atoms with Gasteiger partial charge in [0.1, 0.15) is 4.88 Å². The van der Waals surface area contributed by atoms with Crippen molar-refractivity contribution in [1.82, 2.24) is 4.90 Å². The molecule has 0 aliphatic carbocycles. The molecule has 5 nitrogen and oxygen atoms in total. The molecule has 1 aromatic carbocycles. The number of amides is 1. The highest BCUT2D eigenvalue weighted by atomic mass is 32.1. The van der Waals surface area contributed by atoms with Crippen molar-refractivity contribution < 1.29 is 14.3 Å². The van der Waals surface area contributed by atoms with Crippen molar-refractivity contribution in [2.45, 2.75) is 12.5 Å². The van der Waals surface area contributed by atoms with Crippen LogP contribution in [-0.2, 0) is 9.53 Å². The van der Waals surface area contributed by atoms with Gasteiger partial charge in [-0.2, -0.15) is 0 Å². The maximum Gasteiger partial charge on any atom is 0.349 e. The molecule has 20 heavy (non-hydrogen) atoms. The number of carbonyl (C=O) groups excluding carboxylic acids is 2. The second-order valence-electron chi connectivity index (χ2n) is 4.85. The highest BCUT2D eigenvalue weighted by Crippen LogP contribution is 2.28. The van der Waals surface area contributed by atoms with Crippen LogP contribution in [0.15, 0.2) is 24.3 Å².